The van der Waals surface area contributed by atoms with E-state index in [0.717, 1.165) is 47.5 Å². The van der Waals surface area contributed by atoms with Crippen molar-refractivity contribution >= 4 is 8.07 Å². The summed E-state index contributed by atoms with van der Waals surface area (Å²) in [6.07, 6.45) is 0. The molecule has 0 amide bonds. The summed E-state index contributed by atoms with van der Waals surface area (Å²) < 4.78 is 22.0. The third-order valence-electron chi connectivity index (χ3n) is 5.43. The second kappa shape index (κ2) is 10.6. The number of ether oxygens (including phenoxy) is 1. The van der Waals surface area contributed by atoms with E-state index in [1.807, 2.05) is 7.05 Å². The molecule has 4 nitrogen and oxygen atoms in total. The van der Waals surface area contributed by atoms with Gasteiger partial charge in [-0.15, -0.1) is 0 Å². The minimum atomic E-state index is -1.17. The molecule has 0 saturated carbocycles. The minimum absolute atomic E-state index is 0.226. The summed E-state index contributed by atoms with van der Waals surface area (Å²) in [7, 11) is 0.778. The number of nitrogens with one attached hydrogen (secondary N) is 1. The molecule has 172 valence electrons. The molecule has 0 unspecified atom stereocenters. The zero-order valence-electron chi connectivity index (χ0n) is 20.2. The predicted molar refractivity (Wildman–Crippen MR) is 134 cm³/mol. The van der Waals surface area contributed by atoms with Gasteiger partial charge in [-0.05, 0) is 49.0 Å². The maximum atomic E-state index is 13.6. The zero-order chi connectivity index (χ0) is 23.3. The van der Waals surface area contributed by atoms with Gasteiger partial charge in [0.25, 0.3) is 0 Å². The quantitative estimate of drug-likeness (QED) is 0.281. The van der Waals surface area contributed by atoms with Crippen LogP contribution < -0.4 is 5.32 Å². The normalized spacial score (nSPS) is 12.0. The highest BCUT2D eigenvalue weighted by Crippen LogP contribution is 2.35. The molecule has 3 rings (SSSR count). The van der Waals surface area contributed by atoms with E-state index in [9.17, 15) is 4.39 Å². The Balaban J connectivity index is 2.10. The number of aromatic nitrogens is 2. The minimum Gasteiger partial charge on any atom is -0.361 e. The van der Waals surface area contributed by atoms with E-state index < -0.39 is 8.07 Å². The van der Waals surface area contributed by atoms with Crippen LogP contribution in [-0.2, 0) is 18.0 Å². The van der Waals surface area contributed by atoms with Gasteiger partial charge >= 0.3 is 0 Å². The average molecular weight is 454 g/mol. The molecule has 2 aromatic carbocycles. The van der Waals surface area contributed by atoms with E-state index in [-0.39, 0.29) is 11.7 Å². The fraction of sp³-hybridized carbons (Fsp3) is 0.423. The van der Waals surface area contributed by atoms with Gasteiger partial charge in [-0.2, -0.15) is 0 Å². The van der Waals surface area contributed by atoms with Crippen LogP contribution in [0.5, 0.6) is 0 Å². The molecule has 0 bridgehead atoms. The largest absolute Gasteiger partial charge is 0.361 e. The molecule has 0 fully saturated rings. The zero-order valence-corrected chi connectivity index (χ0v) is 21.2. The lowest BCUT2D eigenvalue weighted by molar-refractivity contribution is 0.0857. The van der Waals surface area contributed by atoms with Gasteiger partial charge in [-0.25, -0.2) is 9.37 Å². The first-order chi connectivity index (χ1) is 15.2. The third kappa shape index (κ3) is 6.15. The molecule has 0 aliphatic heterocycles. The van der Waals surface area contributed by atoms with Crippen LogP contribution in [0.25, 0.3) is 22.5 Å². The Bertz CT molecular complexity index is 1020. The first-order valence-electron chi connectivity index (χ1n) is 11.4. The molecule has 6 heteroatoms. The van der Waals surface area contributed by atoms with E-state index in [1.165, 1.54) is 17.7 Å². The first kappa shape index (κ1) is 24.4. The average Bonchev–Trinajstić information content (AvgIpc) is 3.11. The molecule has 1 heterocycles. The van der Waals surface area contributed by atoms with Crippen LogP contribution >= 0.6 is 0 Å². The highest BCUT2D eigenvalue weighted by Gasteiger charge is 2.22. The Morgan fingerprint density at radius 1 is 1.06 bits per heavy atom. The van der Waals surface area contributed by atoms with E-state index in [0.29, 0.717) is 6.73 Å². The smallest absolute Gasteiger partial charge is 0.124 e. The topological polar surface area (TPSA) is 39.1 Å². The molecular weight excluding hydrogens is 417 g/mol. The van der Waals surface area contributed by atoms with Crippen molar-refractivity contribution in [3.63, 3.8) is 0 Å². The molecule has 1 N–H and O–H groups in total. The molecule has 0 saturated heterocycles. The van der Waals surface area contributed by atoms with Crippen molar-refractivity contribution in [2.24, 2.45) is 0 Å². The van der Waals surface area contributed by atoms with Gasteiger partial charge in [0.2, 0.25) is 0 Å². The Hall–Kier alpha value is -2.28. The van der Waals surface area contributed by atoms with Crippen LogP contribution in [-0.4, -0.2) is 31.3 Å². The van der Waals surface area contributed by atoms with Crippen molar-refractivity contribution in [1.29, 1.82) is 0 Å². The van der Waals surface area contributed by atoms with Gasteiger partial charge in [0.05, 0.1) is 11.4 Å². The van der Waals surface area contributed by atoms with Crippen molar-refractivity contribution in [2.45, 2.75) is 58.7 Å². The summed E-state index contributed by atoms with van der Waals surface area (Å²) in [5.74, 6) is 0.958. The monoisotopic (exact) mass is 453 g/mol. The third-order valence-corrected chi connectivity index (χ3v) is 7.13. The highest BCUT2D eigenvalue weighted by atomic mass is 28.3. The summed E-state index contributed by atoms with van der Waals surface area (Å²) in [4.78, 5) is 5.04. The molecule has 1 aromatic heterocycles. The SMILES string of the molecule is CNCc1cccc(-c2c(-c3ccc(F)cc3)nc(C(C)C)n2COCC[Si](C)(C)C)c1. The molecule has 0 spiro atoms. The number of hydrogen-bond donors (Lipinski definition) is 1. The Morgan fingerprint density at radius 2 is 1.78 bits per heavy atom. The van der Waals surface area contributed by atoms with Gasteiger partial charge in [0.15, 0.2) is 0 Å². The van der Waals surface area contributed by atoms with Crippen LogP contribution in [0.1, 0.15) is 31.2 Å². The van der Waals surface area contributed by atoms with Crippen molar-refractivity contribution in [3.05, 3.63) is 65.7 Å². The van der Waals surface area contributed by atoms with E-state index in [1.54, 1.807) is 12.1 Å². The Morgan fingerprint density at radius 3 is 2.41 bits per heavy atom. The van der Waals surface area contributed by atoms with Crippen LogP contribution in [0.2, 0.25) is 25.7 Å². The van der Waals surface area contributed by atoms with E-state index in [4.69, 9.17) is 9.72 Å². The van der Waals surface area contributed by atoms with E-state index in [2.05, 4.69) is 67.6 Å². The number of benzene rings is 2. The maximum Gasteiger partial charge on any atom is 0.124 e. The summed E-state index contributed by atoms with van der Waals surface area (Å²) in [5.41, 5.74) is 5.08. The summed E-state index contributed by atoms with van der Waals surface area (Å²) >= 11 is 0. The van der Waals surface area contributed by atoms with Crippen LogP contribution in [0.3, 0.4) is 0 Å². The standard InChI is InChI=1S/C26H36FN3OSi/c1-19(2)26-29-24(21-10-12-23(27)13-11-21)25(22-9-7-8-20(16-22)17-28-3)30(26)18-31-14-15-32(4,5)6/h7-13,16,19,28H,14-15,17-18H2,1-6H3. The van der Waals surface area contributed by atoms with Gasteiger partial charge in [-0.1, -0.05) is 51.7 Å². The van der Waals surface area contributed by atoms with Gasteiger partial charge in [0, 0.05) is 38.3 Å². The summed E-state index contributed by atoms with van der Waals surface area (Å²) in [6.45, 7) is 13.4. The molecular formula is C26H36FN3OSi. The highest BCUT2D eigenvalue weighted by molar-refractivity contribution is 6.76. The molecule has 0 radical (unpaired) electrons. The lowest BCUT2D eigenvalue weighted by atomic mass is 10.0. The van der Waals surface area contributed by atoms with Crippen molar-refractivity contribution < 1.29 is 9.13 Å². The second-order valence-electron chi connectivity index (χ2n) is 9.84. The fourth-order valence-electron chi connectivity index (χ4n) is 3.71. The van der Waals surface area contributed by atoms with Gasteiger partial charge in [-0.3, -0.25) is 0 Å². The van der Waals surface area contributed by atoms with Gasteiger partial charge in [0.1, 0.15) is 18.4 Å². The Labute approximate surface area is 192 Å². The Kier molecular flexibility index (Phi) is 8.04. The van der Waals surface area contributed by atoms with Crippen molar-refractivity contribution in [1.82, 2.24) is 14.9 Å². The fourth-order valence-corrected chi connectivity index (χ4v) is 4.47. The maximum absolute atomic E-state index is 13.6. The van der Waals surface area contributed by atoms with Crippen LogP contribution in [0.15, 0.2) is 48.5 Å². The predicted octanol–water partition coefficient (Wildman–Crippen LogP) is 6.51. The van der Waals surface area contributed by atoms with Crippen LogP contribution in [0, 0.1) is 5.82 Å². The summed E-state index contributed by atoms with van der Waals surface area (Å²) in [6, 6.07) is 16.2. The lowest BCUT2D eigenvalue weighted by Crippen LogP contribution is -2.22. The number of imidazole rings is 1. The number of hydrogen-bond acceptors (Lipinski definition) is 3. The first-order valence-corrected chi connectivity index (χ1v) is 15.1. The summed E-state index contributed by atoms with van der Waals surface area (Å²) in [5, 5.41) is 3.22. The van der Waals surface area contributed by atoms with E-state index >= 15 is 0 Å². The number of nitrogens with zero attached hydrogens (tertiary/aromatic N) is 2. The lowest BCUT2D eigenvalue weighted by Gasteiger charge is -2.18. The number of rotatable bonds is 10. The molecule has 0 atom stereocenters. The van der Waals surface area contributed by atoms with Crippen molar-refractivity contribution in [2.75, 3.05) is 13.7 Å². The van der Waals surface area contributed by atoms with Crippen LogP contribution in [0.4, 0.5) is 4.39 Å². The van der Waals surface area contributed by atoms with Gasteiger partial charge < -0.3 is 14.6 Å². The molecule has 0 aliphatic rings. The number of halogens is 1. The molecule has 0 aliphatic carbocycles. The molecule has 32 heavy (non-hydrogen) atoms. The molecule has 3 aromatic rings. The second-order valence-corrected chi connectivity index (χ2v) is 15.5. The van der Waals surface area contributed by atoms with Crippen molar-refractivity contribution in [3.8, 4) is 22.5 Å².